The zero-order valence-corrected chi connectivity index (χ0v) is 17.9. The van der Waals surface area contributed by atoms with Crippen molar-refractivity contribution in [3.05, 3.63) is 91.9 Å². The van der Waals surface area contributed by atoms with E-state index in [-0.39, 0.29) is 18.0 Å². The molecular weight excluding hydrogens is 414 g/mol. The van der Waals surface area contributed by atoms with Crippen molar-refractivity contribution < 1.29 is 9.53 Å². The fraction of sp³-hybridized carbons (Fsp3) is 0.174. The van der Waals surface area contributed by atoms with Gasteiger partial charge in [0.05, 0.1) is 18.3 Å². The second kappa shape index (κ2) is 8.61. The molecule has 4 aromatic rings. The quantitative estimate of drug-likeness (QED) is 0.505. The highest BCUT2D eigenvalue weighted by Crippen LogP contribution is 2.17. The first kappa shape index (κ1) is 20.6. The molecule has 0 saturated heterocycles. The van der Waals surface area contributed by atoms with Gasteiger partial charge in [-0.25, -0.2) is 9.36 Å². The lowest BCUT2D eigenvalue weighted by molar-refractivity contribution is -0.121. The minimum Gasteiger partial charge on any atom is -0.497 e. The molecule has 0 spiro atoms. The molecule has 0 aliphatic rings. The Balaban J connectivity index is 1.65. The van der Waals surface area contributed by atoms with Crippen LogP contribution in [0.2, 0.25) is 0 Å². The molecular formula is C23H21N3O4S. The molecule has 31 heavy (non-hydrogen) atoms. The first-order valence-corrected chi connectivity index (χ1v) is 10.6. The highest BCUT2D eigenvalue weighted by atomic mass is 32.1. The van der Waals surface area contributed by atoms with E-state index in [9.17, 15) is 14.4 Å². The maximum atomic E-state index is 13.2. The van der Waals surface area contributed by atoms with E-state index in [4.69, 9.17) is 4.74 Å². The summed E-state index contributed by atoms with van der Waals surface area (Å²) in [7, 11) is 1.59. The number of carbonyl (C=O) groups excluding carboxylic acids is 1. The van der Waals surface area contributed by atoms with Crippen molar-refractivity contribution in [2.75, 3.05) is 7.11 Å². The van der Waals surface area contributed by atoms with Gasteiger partial charge < -0.3 is 10.1 Å². The van der Waals surface area contributed by atoms with Gasteiger partial charge in [-0.15, -0.1) is 11.3 Å². The maximum Gasteiger partial charge on any atom is 0.336 e. The van der Waals surface area contributed by atoms with Gasteiger partial charge in [0.25, 0.3) is 5.56 Å². The Hall–Kier alpha value is -3.65. The van der Waals surface area contributed by atoms with Crippen LogP contribution in [0.15, 0.2) is 69.6 Å². The summed E-state index contributed by atoms with van der Waals surface area (Å²) in [5, 5.41) is 4.58. The Labute approximate surface area is 182 Å². The lowest BCUT2D eigenvalue weighted by Gasteiger charge is -2.13. The minimum absolute atomic E-state index is 0.186. The van der Waals surface area contributed by atoms with Gasteiger partial charge in [0.1, 0.15) is 17.0 Å². The smallest absolute Gasteiger partial charge is 0.336 e. The van der Waals surface area contributed by atoms with Gasteiger partial charge in [-0.3, -0.25) is 14.2 Å². The molecule has 0 unspecified atom stereocenters. The van der Waals surface area contributed by atoms with Crippen LogP contribution < -0.4 is 21.3 Å². The number of carbonyl (C=O) groups is 1. The van der Waals surface area contributed by atoms with Crippen LogP contribution in [0.3, 0.4) is 0 Å². The van der Waals surface area contributed by atoms with E-state index in [2.05, 4.69) is 5.32 Å². The Kier molecular flexibility index (Phi) is 5.73. The molecule has 1 N–H and O–H groups in total. The van der Waals surface area contributed by atoms with Gasteiger partial charge in [-0.1, -0.05) is 24.3 Å². The van der Waals surface area contributed by atoms with Crippen molar-refractivity contribution >= 4 is 27.5 Å². The molecule has 158 valence electrons. The zero-order chi connectivity index (χ0) is 22.0. The summed E-state index contributed by atoms with van der Waals surface area (Å²) in [5.41, 5.74) is 1.86. The number of ether oxygens (including phenoxy) is 1. The Bertz CT molecular complexity index is 1370. The third kappa shape index (κ3) is 4.15. The van der Waals surface area contributed by atoms with Gasteiger partial charge in [0, 0.05) is 6.54 Å². The maximum absolute atomic E-state index is 13.2. The molecule has 0 radical (unpaired) electrons. The van der Waals surface area contributed by atoms with Crippen LogP contribution in [-0.4, -0.2) is 22.2 Å². The molecule has 2 heterocycles. The van der Waals surface area contributed by atoms with Crippen LogP contribution in [0.25, 0.3) is 15.9 Å². The average Bonchev–Trinajstić information content (AvgIpc) is 3.26. The van der Waals surface area contributed by atoms with Gasteiger partial charge in [-0.2, -0.15) is 0 Å². The summed E-state index contributed by atoms with van der Waals surface area (Å²) >= 11 is 1.25. The van der Waals surface area contributed by atoms with Crippen LogP contribution in [0.1, 0.15) is 11.1 Å². The molecule has 8 heteroatoms. The van der Waals surface area contributed by atoms with E-state index in [1.54, 1.807) is 36.8 Å². The molecule has 1 amide bonds. The average molecular weight is 436 g/mol. The fourth-order valence-electron chi connectivity index (χ4n) is 3.38. The van der Waals surface area contributed by atoms with Gasteiger partial charge in [0.15, 0.2) is 0 Å². The first-order valence-electron chi connectivity index (χ1n) is 9.67. The summed E-state index contributed by atoms with van der Waals surface area (Å²) in [5.74, 6) is 0.416. The number of hydrogen-bond donors (Lipinski definition) is 1. The third-order valence-electron chi connectivity index (χ3n) is 4.97. The summed E-state index contributed by atoms with van der Waals surface area (Å²) in [6.45, 7) is 2.03. The number of nitrogens with zero attached hydrogens (tertiary/aromatic N) is 2. The normalized spacial score (nSPS) is 10.9. The number of nitrogens with one attached hydrogen (secondary N) is 1. The molecule has 7 nitrogen and oxygen atoms in total. The summed E-state index contributed by atoms with van der Waals surface area (Å²) in [6, 6.07) is 16.2. The molecule has 0 aliphatic heterocycles. The predicted molar refractivity (Wildman–Crippen MR) is 121 cm³/mol. The Morgan fingerprint density at radius 1 is 1.10 bits per heavy atom. The number of aromatic nitrogens is 2. The summed E-state index contributed by atoms with van der Waals surface area (Å²) < 4.78 is 8.04. The van der Waals surface area contributed by atoms with E-state index in [0.29, 0.717) is 22.4 Å². The zero-order valence-electron chi connectivity index (χ0n) is 17.1. The van der Waals surface area contributed by atoms with E-state index >= 15 is 0 Å². The minimum atomic E-state index is -0.541. The monoisotopic (exact) mass is 435 g/mol. The second-order valence-electron chi connectivity index (χ2n) is 7.11. The molecule has 4 rings (SSSR count). The van der Waals surface area contributed by atoms with Crippen LogP contribution in [-0.2, 0) is 17.9 Å². The van der Waals surface area contributed by atoms with Crippen LogP contribution in [0.4, 0.5) is 0 Å². The Morgan fingerprint density at radius 2 is 1.87 bits per heavy atom. The SMILES string of the molecule is COc1ccc(CNC(=O)Cn2c(=O)n(-c3cccc(C)c3)c(=O)c3sccc32)cc1. The van der Waals surface area contributed by atoms with E-state index in [1.165, 1.54) is 15.9 Å². The Morgan fingerprint density at radius 3 is 2.58 bits per heavy atom. The number of thiophene rings is 1. The number of hydrogen-bond acceptors (Lipinski definition) is 5. The van der Waals surface area contributed by atoms with Gasteiger partial charge in [-0.05, 0) is 53.8 Å². The number of fused-ring (bicyclic) bond motifs is 1. The highest BCUT2D eigenvalue weighted by molar-refractivity contribution is 7.17. The van der Waals surface area contributed by atoms with Gasteiger partial charge in [0.2, 0.25) is 5.91 Å². The van der Waals surface area contributed by atoms with Gasteiger partial charge >= 0.3 is 5.69 Å². The standard InChI is InChI=1S/C23H21N3O4S/c1-15-4-3-5-17(12-15)26-22(28)21-19(10-11-31-21)25(23(26)29)14-20(27)24-13-16-6-8-18(30-2)9-7-16/h3-12H,13-14H2,1-2H3,(H,24,27). The van der Waals surface area contributed by atoms with E-state index < -0.39 is 5.69 Å². The molecule has 0 atom stereocenters. The summed E-state index contributed by atoms with van der Waals surface area (Å²) in [4.78, 5) is 38.8. The first-order chi connectivity index (χ1) is 15.0. The van der Waals surface area contributed by atoms with Crippen LogP contribution in [0, 0.1) is 6.92 Å². The number of benzene rings is 2. The molecule has 0 saturated carbocycles. The molecule has 0 bridgehead atoms. The van der Waals surface area contributed by atoms with Crippen molar-refractivity contribution in [2.24, 2.45) is 0 Å². The van der Waals surface area contributed by atoms with Crippen molar-refractivity contribution in [3.8, 4) is 11.4 Å². The lowest BCUT2D eigenvalue weighted by atomic mass is 10.2. The molecule has 2 aromatic carbocycles. The number of rotatable bonds is 6. The van der Waals surface area contributed by atoms with Crippen LogP contribution >= 0.6 is 11.3 Å². The van der Waals surface area contributed by atoms with Crippen LogP contribution in [0.5, 0.6) is 5.75 Å². The highest BCUT2D eigenvalue weighted by Gasteiger charge is 2.17. The van der Waals surface area contributed by atoms with Crippen molar-refractivity contribution in [1.82, 2.24) is 14.5 Å². The second-order valence-corrected chi connectivity index (χ2v) is 8.02. The van der Waals surface area contributed by atoms with E-state index in [0.717, 1.165) is 21.4 Å². The van der Waals surface area contributed by atoms with Crippen molar-refractivity contribution in [1.29, 1.82) is 0 Å². The predicted octanol–water partition coefficient (Wildman–Crippen LogP) is 2.85. The number of amides is 1. The van der Waals surface area contributed by atoms with Crippen molar-refractivity contribution in [3.63, 3.8) is 0 Å². The summed E-state index contributed by atoms with van der Waals surface area (Å²) in [6.07, 6.45) is 0. The number of methoxy groups -OCH3 is 1. The van der Waals surface area contributed by atoms with Crippen molar-refractivity contribution in [2.45, 2.75) is 20.0 Å². The molecule has 0 aliphatic carbocycles. The number of aryl methyl sites for hydroxylation is 1. The largest absolute Gasteiger partial charge is 0.497 e. The third-order valence-corrected chi connectivity index (χ3v) is 5.86. The lowest BCUT2D eigenvalue weighted by Crippen LogP contribution is -2.41. The molecule has 0 fully saturated rings. The molecule has 2 aromatic heterocycles. The topological polar surface area (TPSA) is 82.3 Å². The fourth-order valence-corrected chi connectivity index (χ4v) is 4.20. The van der Waals surface area contributed by atoms with E-state index in [1.807, 2.05) is 37.3 Å².